The highest BCUT2D eigenvalue weighted by Gasteiger charge is 2.48. The van der Waals surface area contributed by atoms with Crippen molar-refractivity contribution in [2.24, 2.45) is 5.41 Å². The molecule has 2 saturated heterocycles. The van der Waals surface area contributed by atoms with Crippen LogP contribution in [-0.4, -0.2) is 79.4 Å². The quantitative estimate of drug-likeness (QED) is 0.752. The third-order valence-electron chi connectivity index (χ3n) is 4.42. The summed E-state index contributed by atoms with van der Waals surface area (Å²) in [5, 5.41) is 12.1. The van der Waals surface area contributed by atoms with E-state index in [1.165, 1.54) is 0 Å². The van der Waals surface area contributed by atoms with Gasteiger partial charge in [0.15, 0.2) is 0 Å². The van der Waals surface area contributed by atoms with Gasteiger partial charge in [0.2, 0.25) is 0 Å². The highest BCUT2D eigenvalue weighted by molar-refractivity contribution is 5.79. The van der Waals surface area contributed by atoms with Crippen molar-refractivity contribution in [1.29, 1.82) is 0 Å². The summed E-state index contributed by atoms with van der Waals surface area (Å²) >= 11 is 0. The molecule has 0 aromatic rings. The van der Waals surface area contributed by atoms with Gasteiger partial charge in [0.25, 0.3) is 0 Å². The Morgan fingerprint density at radius 2 is 2.15 bits per heavy atom. The van der Waals surface area contributed by atoms with Crippen LogP contribution in [-0.2, 0) is 9.53 Å². The molecule has 2 fully saturated rings. The molecule has 0 bridgehead atoms. The second-order valence-corrected chi connectivity index (χ2v) is 6.09. The van der Waals surface area contributed by atoms with Crippen molar-refractivity contribution < 1.29 is 19.4 Å². The van der Waals surface area contributed by atoms with Crippen molar-refractivity contribution in [1.82, 2.24) is 15.1 Å². The van der Waals surface area contributed by atoms with Crippen LogP contribution in [0.2, 0.25) is 0 Å². The van der Waals surface area contributed by atoms with Gasteiger partial charge in [0, 0.05) is 19.1 Å². The van der Waals surface area contributed by atoms with Crippen LogP contribution in [0.3, 0.4) is 0 Å². The van der Waals surface area contributed by atoms with E-state index in [2.05, 4.69) is 10.2 Å². The summed E-state index contributed by atoms with van der Waals surface area (Å²) in [5.41, 5.74) is -1.05. The molecule has 3 atom stereocenters. The number of amides is 2. The minimum Gasteiger partial charge on any atom is -0.481 e. The summed E-state index contributed by atoms with van der Waals surface area (Å²) < 4.78 is 5.23. The molecular formula is C13H23N3O4. The fourth-order valence-electron chi connectivity index (χ4n) is 2.67. The van der Waals surface area contributed by atoms with E-state index in [0.717, 1.165) is 6.42 Å². The summed E-state index contributed by atoms with van der Waals surface area (Å²) in [5.74, 6) is -0.937. The van der Waals surface area contributed by atoms with E-state index >= 15 is 0 Å². The van der Waals surface area contributed by atoms with E-state index in [-0.39, 0.29) is 19.2 Å². The summed E-state index contributed by atoms with van der Waals surface area (Å²) in [4.78, 5) is 27.4. The Hall–Kier alpha value is -1.34. The average Bonchev–Trinajstić information content (AvgIpc) is 2.98. The van der Waals surface area contributed by atoms with Crippen molar-refractivity contribution >= 4 is 12.0 Å². The third-order valence-corrected chi connectivity index (χ3v) is 4.42. The van der Waals surface area contributed by atoms with Gasteiger partial charge >= 0.3 is 12.0 Å². The highest BCUT2D eigenvalue weighted by atomic mass is 16.5. The molecule has 2 amide bonds. The number of ether oxygens (including phenoxy) is 1. The van der Waals surface area contributed by atoms with Crippen LogP contribution in [0.25, 0.3) is 0 Å². The van der Waals surface area contributed by atoms with Crippen LogP contribution < -0.4 is 5.32 Å². The number of aliphatic carboxylic acids is 1. The molecule has 0 radical (unpaired) electrons. The Kier molecular flexibility index (Phi) is 4.19. The van der Waals surface area contributed by atoms with E-state index in [1.807, 2.05) is 14.1 Å². The van der Waals surface area contributed by atoms with E-state index in [9.17, 15) is 14.7 Å². The SMILES string of the molecule is CN(C)C1CCN(C(=O)NC2COCC2(C)C(=O)O)C1. The second kappa shape index (κ2) is 5.57. The first-order chi connectivity index (χ1) is 9.34. The lowest BCUT2D eigenvalue weighted by molar-refractivity contribution is -0.148. The van der Waals surface area contributed by atoms with Gasteiger partial charge in [-0.15, -0.1) is 0 Å². The molecule has 114 valence electrons. The maximum absolute atomic E-state index is 12.2. The molecule has 2 heterocycles. The molecule has 2 N–H and O–H groups in total. The van der Waals surface area contributed by atoms with Crippen molar-refractivity contribution in [3.63, 3.8) is 0 Å². The fraction of sp³-hybridized carbons (Fsp3) is 0.846. The van der Waals surface area contributed by atoms with E-state index in [4.69, 9.17) is 4.74 Å². The van der Waals surface area contributed by atoms with Gasteiger partial charge in [-0.05, 0) is 27.4 Å². The number of rotatable bonds is 3. The molecule has 7 nitrogen and oxygen atoms in total. The predicted molar refractivity (Wildman–Crippen MR) is 72.5 cm³/mol. The molecule has 3 unspecified atom stereocenters. The highest BCUT2D eigenvalue weighted by Crippen LogP contribution is 2.29. The van der Waals surface area contributed by atoms with Crippen LogP contribution in [0.4, 0.5) is 4.79 Å². The monoisotopic (exact) mass is 285 g/mol. The van der Waals surface area contributed by atoms with E-state index in [1.54, 1.807) is 11.8 Å². The van der Waals surface area contributed by atoms with Crippen molar-refractivity contribution in [2.75, 3.05) is 40.4 Å². The predicted octanol–water partition coefficient (Wildman–Crippen LogP) is -0.178. The Labute approximate surface area is 118 Å². The van der Waals surface area contributed by atoms with E-state index in [0.29, 0.717) is 19.1 Å². The zero-order valence-electron chi connectivity index (χ0n) is 12.3. The van der Waals surface area contributed by atoms with Crippen LogP contribution in [0.5, 0.6) is 0 Å². The number of carboxylic acid groups (broad SMARTS) is 1. The number of carbonyl (C=O) groups is 2. The van der Waals surface area contributed by atoms with Gasteiger partial charge in [-0.1, -0.05) is 0 Å². The zero-order chi connectivity index (χ0) is 14.9. The number of hydrogen-bond acceptors (Lipinski definition) is 4. The third kappa shape index (κ3) is 2.73. The first-order valence-electron chi connectivity index (χ1n) is 6.87. The smallest absolute Gasteiger partial charge is 0.317 e. The Morgan fingerprint density at radius 3 is 2.70 bits per heavy atom. The van der Waals surface area contributed by atoms with Crippen molar-refractivity contribution in [3.8, 4) is 0 Å². The van der Waals surface area contributed by atoms with Gasteiger partial charge in [0.05, 0.1) is 19.3 Å². The number of urea groups is 1. The Balaban J connectivity index is 1.94. The lowest BCUT2D eigenvalue weighted by Gasteiger charge is -2.28. The summed E-state index contributed by atoms with van der Waals surface area (Å²) in [7, 11) is 4.00. The first-order valence-corrected chi connectivity index (χ1v) is 6.87. The zero-order valence-corrected chi connectivity index (χ0v) is 12.3. The number of nitrogens with one attached hydrogen (secondary N) is 1. The summed E-state index contributed by atoms with van der Waals surface area (Å²) in [6.07, 6.45) is 0.942. The first kappa shape index (κ1) is 15.1. The lowest BCUT2D eigenvalue weighted by atomic mass is 9.85. The fourth-order valence-corrected chi connectivity index (χ4v) is 2.67. The number of nitrogens with zero attached hydrogens (tertiary/aromatic N) is 2. The number of carbonyl (C=O) groups excluding carboxylic acids is 1. The normalized spacial score (nSPS) is 33.7. The largest absolute Gasteiger partial charge is 0.481 e. The molecule has 0 spiro atoms. The average molecular weight is 285 g/mol. The molecule has 2 aliphatic rings. The molecule has 7 heteroatoms. The number of hydrogen-bond donors (Lipinski definition) is 2. The van der Waals surface area contributed by atoms with Gasteiger partial charge < -0.3 is 25.0 Å². The number of carboxylic acids is 1. The van der Waals surface area contributed by atoms with Crippen LogP contribution in [0.15, 0.2) is 0 Å². The standard InChI is InChI=1S/C13H23N3O4/c1-13(11(17)18)8-20-7-10(13)14-12(19)16-5-4-9(6-16)15(2)3/h9-10H,4-8H2,1-3H3,(H,14,19)(H,17,18). The van der Waals surface area contributed by atoms with Gasteiger partial charge in [0.1, 0.15) is 5.41 Å². The maximum atomic E-state index is 12.2. The molecular weight excluding hydrogens is 262 g/mol. The minimum absolute atomic E-state index is 0.133. The summed E-state index contributed by atoms with van der Waals surface area (Å²) in [6.45, 7) is 3.37. The van der Waals surface area contributed by atoms with Crippen LogP contribution in [0.1, 0.15) is 13.3 Å². The summed E-state index contributed by atoms with van der Waals surface area (Å²) in [6, 6.07) is -0.310. The Morgan fingerprint density at radius 1 is 1.45 bits per heavy atom. The maximum Gasteiger partial charge on any atom is 0.317 e. The lowest BCUT2D eigenvalue weighted by Crippen LogP contribution is -2.53. The number of likely N-dealkylation sites (tertiary alicyclic amines) is 1. The molecule has 2 aliphatic heterocycles. The molecule has 0 aromatic carbocycles. The van der Waals surface area contributed by atoms with Crippen LogP contribution >= 0.6 is 0 Å². The van der Waals surface area contributed by atoms with Crippen molar-refractivity contribution in [3.05, 3.63) is 0 Å². The second-order valence-electron chi connectivity index (χ2n) is 6.09. The van der Waals surface area contributed by atoms with Gasteiger partial charge in [-0.25, -0.2) is 4.79 Å². The van der Waals surface area contributed by atoms with Gasteiger partial charge in [-0.2, -0.15) is 0 Å². The molecule has 0 aromatic heterocycles. The molecule has 0 aliphatic carbocycles. The molecule has 2 rings (SSSR count). The van der Waals surface area contributed by atoms with Gasteiger partial charge in [-0.3, -0.25) is 4.79 Å². The van der Waals surface area contributed by atoms with Crippen LogP contribution in [0, 0.1) is 5.41 Å². The number of likely N-dealkylation sites (N-methyl/N-ethyl adjacent to an activating group) is 1. The minimum atomic E-state index is -1.05. The van der Waals surface area contributed by atoms with Crippen molar-refractivity contribution in [2.45, 2.75) is 25.4 Å². The molecule has 20 heavy (non-hydrogen) atoms. The topological polar surface area (TPSA) is 82.1 Å². The Bertz CT molecular complexity index is 401. The van der Waals surface area contributed by atoms with E-state index < -0.39 is 17.4 Å². The molecule has 0 saturated carbocycles.